The summed E-state index contributed by atoms with van der Waals surface area (Å²) in [5.74, 6) is 0.293. The smallest absolute Gasteiger partial charge is 0.225 e. The highest BCUT2D eigenvalue weighted by molar-refractivity contribution is 7.09. The SMILES string of the molecule is CCc1csc(CNC(=O)[C@H]2C[C@@H](c3ccccc3)N3CCC[C@H]23)n1. The second-order valence-corrected chi connectivity index (χ2v) is 7.96. The number of fused-ring (bicyclic) bond motifs is 1. The standard InChI is InChI=1S/C20H25N3OS/c1-2-15-13-25-19(22-15)12-21-20(24)16-11-18(14-7-4-3-5-8-14)23-10-6-9-17(16)23/h3-5,7-8,13,16-18H,2,6,9-12H2,1H3,(H,21,24)/t16-,17+,18-/m0/s1. The van der Waals surface area contributed by atoms with Crippen LogP contribution < -0.4 is 5.32 Å². The molecular weight excluding hydrogens is 330 g/mol. The van der Waals surface area contributed by atoms with Gasteiger partial charge in [-0.25, -0.2) is 4.98 Å². The van der Waals surface area contributed by atoms with Crippen LogP contribution in [0.4, 0.5) is 0 Å². The Labute approximate surface area is 153 Å². The van der Waals surface area contributed by atoms with Gasteiger partial charge in [-0.05, 0) is 37.8 Å². The number of carbonyl (C=O) groups is 1. The fourth-order valence-electron chi connectivity index (χ4n) is 4.34. The molecule has 4 nitrogen and oxygen atoms in total. The summed E-state index contributed by atoms with van der Waals surface area (Å²) in [5, 5.41) is 6.24. The molecule has 5 heteroatoms. The zero-order chi connectivity index (χ0) is 17.2. The van der Waals surface area contributed by atoms with Gasteiger partial charge in [0.2, 0.25) is 5.91 Å². The molecule has 1 aromatic heterocycles. The number of thiazole rings is 1. The van der Waals surface area contributed by atoms with Crippen LogP contribution in [0.2, 0.25) is 0 Å². The second kappa shape index (κ2) is 7.26. The molecule has 1 aromatic carbocycles. The number of amides is 1. The first-order chi connectivity index (χ1) is 12.3. The molecule has 1 N–H and O–H groups in total. The van der Waals surface area contributed by atoms with Gasteiger partial charge < -0.3 is 5.32 Å². The molecule has 0 spiro atoms. The average molecular weight is 356 g/mol. The van der Waals surface area contributed by atoms with Crippen molar-refractivity contribution in [3.05, 3.63) is 52.0 Å². The number of benzene rings is 1. The maximum Gasteiger partial charge on any atom is 0.225 e. The minimum Gasteiger partial charge on any atom is -0.349 e. The van der Waals surface area contributed by atoms with E-state index in [1.807, 2.05) is 0 Å². The highest BCUT2D eigenvalue weighted by Crippen LogP contribution is 2.44. The Kier molecular flexibility index (Phi) is 4.86. The summed E-state index contributed by atoms with van der Waals surface area (Å²) in [6.07, 6.45) is 4.21. The maximum atomic E-state index is 12.9. The summed E-state index contributed by atoms with van der Waals surface area (Å²) in [7, 11) is 0. The van der Waals surface area contributed by atoms with Crippen LogP contribution >= 0.6 is 11.3 Å². The predicted molar refractivity (Wildman–Crippen MR) is 100 cm³/mol. The fraction of sp³-hybridized carbons (Fsp3) is 0.500. The van der Waals surface area contributed by atoms with E-state index in [4.69, 9.17) is 0 Å². The molecule has 0 saturated carbocycles. The first-order valence-corrected chi connectivity index (χ1v) is 10.2. The van der Waals surface area contributed by atoms with Crippen molar-refractivity contribution in [3.63, 3.8) is 0 Å². The number of hydrogen-bond acceptors (Lipinski definition) is 4. The zero-order valence-electron chi connectivity index (χ0n) is 14.6. The third kappa shape index (κ3) is 3.35. The molecule has 0 aliphatic carbocycles. The molecule has 25 heavy (non-hydrogen) atoms. The summed E-state index contributed by atoms with van der Waals surface area (Å²) in [6, 6.07) is 11.4. The molecule has 3 atom stereocenters. The zero-order valence-corrected chi connectivity index (χ0v) is 15.5. The Morgan fingerprint density at radius 1 is 1.36 bits per heavy atom. The average Bonchev–Trinajstić information content (AvgIpc) is 3.36. The van der Waals surface area contributed by atoms with E-state index in [0.29, 0.717) is 18.6 Å². The lowest BCUT2D eigenvalue weighted by atomic mass is 9.93. The van der Waals surface area contributed by atoms with Gasteiger partial charge in [0.1, 0.15) is 5.01 Å². The number of nitrogens with one attached hydrogen (secondary N) is 1. The van der Waals surface area contributed by atoms with E-state index < -0.39 is 0 Å². The van der Waals surface area contributed by atoms with E-state index in [1.165, 1.54) is 12.0 Å². The quantitative estimate of drug-likeness (QED) is 0.892. The molecule has 0 unspecified atom stereocenters. The van der Waals surface area contributed by atoms with Gasteiger partial charge in [0, 0.05) is 17.5 Å². The van der Waals surface area contributed by atoms with Crippen LogP contribution in [-0.2, 0) is 17.8 Å². The third-order valence-corrected chi connectivity index (χ3v) is 6.48. The molecule has 2 aliphatic rings. The molecule has 2 aromatic rings. The largest absolute Gasteiger partial charge is 0.349 e. The summed E-state index contributed by atoms with van der Waals surface area (Å²) >= 11 is 1.64. The molecule has 4 rings (SSSR count). The molecule has 2 saturated heterocycles. The lowest BCUT2D eigenvalue weighted by molar-refractivity contribution is -0.125. The van der Waals surface area contributed by atoms with Crippen molar-refractivity contribution in [1.29, 1.82) is 0 Å². The maximum absolute atomic E-state index is 12.9. The normalized spacial score (nSPS) is 25.9. The minimum absolute atomic E-state index is 0.0957. The van der Waals surface area contributed by atoms with E-state index in [0.717, 1.165) is 36.5 Å². The number of nitrogens with zero attached hydrogens (tertiary/aromatic N) is 2. The Hall–Kier alpha value is -1.72. The van der Waals surface area contributed by atoms with E-state index in [2.05, 4.69) is 57.8 Å². The minimum atomic E-state index is 0.0957. The van der Waals surface area contributed by atoms with Crippen LogP contribution in [-0.4, -0.2) is 28.4 Å². The van der Waals surface area contributed by atoms with E-state index >= 15 is 0 Å². The second-order valence-electron chi connectivity index (χ2n) is 7.02. The fourth-order valence-corrected chi connectivity index (χ4v) is 5.15. The van der Waals surface area contributed by atoms with Crippen molar-refractivity contribution in [2.45, 2.75) is 51.2 Å². The molecule has 1 amide bonds. The molecule has 3 heterocycles. The van der Waals surface area contributed by atoms with Crippen molar-refractivity contribution < 1.29 is 4.79 Å². The molecule has 132 valence electrons. The molecule has 0 bridgehead atoms. The summed E-state index contributed by atoms with van der Waals surface area (Å²) < 4.78 is 0. The highest BCUT2D eigenvalue weighted by Gasteiger charge is 2.46. The van der Waals surface area contributed by atoms with Gasteiger partial charge >= 0.3 is 0 Å². The van der Waals surface area contributed by atoms with Crippen molar-refractivity contribution in [2.24, 2.45) is 5.92 Å². The van der Waals surface area contributed by atoms with Crippen molar-refractivity contribution in [1.82, 2.24) is 15.2 Å². The van der Waals surface area contributed by atoms with E-state index in [1.54, 1.807) is 11.3 Å². The monoisotopic (exact) mass is 355 g/mol. The summed E-state index contributed by atoms with van der Waals surface area (Å²) in [5.41, 5.74) is 2.46. The lowest BCUT2D eigenvalue weighted by Crippen LogP contribution is -2.37. The molecule has 2 aliphatic heterocycles. The van der Waals surface area contributed by atoms with Gasteiger partial charge in [0.15, 0.2) is 0 Å². The van der Waals surface area contributed by atoms with Crippen LogP contribution in [0.25, 0.3) is 0 Å². The van der Waals surface area contributed by atoms with E-state index in [9.17, 15) is 4.79 Å². The van der Waals surface area contributed by atoms with Crippen LogP contribution in [0.1, 0.15) is 48.5 Å². The Bertz CT molecular complexity index is 730. The van der Waals surface area contributed by atoms with Gasteiger partial charge in [-0.2, -0.15) is 0 Å². The highest BCUT2D eigenvalue weighted by atomic mass is 32.1. The van der Waals surface area contributed by atoms with Crippen molar-refractivity contribution in [2.75, 3.05) is 6.54 Å². The number of hydrogen-bond donors (Lipinski definition) is 1. The van der Waals surface area contributed by atoms with Gasteiger partial charge in [-0.1, -0.05) is 37.3 Å². The van der Waals surface area contributed by atoms with Crippen LogP contribution in [0, 0.1) is 5.92 Å². The van der Waals surface area contributed by atoms with E-state index in [-0.39, 0.29) is 11.8 Å². The Morgan fingerprint density at radius 2 is 2.20 bits per heavy atom. The number of carbonyl (C=O) groups excluding carboxylic acids is 1. The third-order valence-electron chi connectivity index (χ3n) is 5.58. The van der Waals surface area contributed by atoms with Crippen molar-refractivity contribution >= 4 is 17.2 Å². The molecule has 2 fully saturated rings. The van der Waals surface area contributed by atoms with Gasteiger partial charge in [-0.15, -0.1) is 11.3 Å². The van der Waals surface area contributed by atoms with Crippen molar-refractivity contribution in [3.8, 4) is 0 Å². The Balaban J connectivity index is 1.43. The van der Waals surface area contributed by atoms with Gasteiger partial charge in [0.05, 0.1) is 18.2 Å². The summed E-state index contributed by atoms with van der Waals surface area (Å²) in [4.78, 5) is 20.0. The van der Waals surface area contributed by atoms with Gasteiger partial charge in [0.25, 0.3) is 0 Å². The number of rotatable bonds is 5. The molecule has 0 radical (unpaired) electrons. The van der Waals surface area contributed by atoms with Gasteiger partial charge in [-0.3, -0.25) is 9.69 Å². The summed E-state index contributed by atoms with van der Waals surface area (Å²) in [6.45, 7) is 3.78. The number of aromatic nitrogens is 1. The van der Waals surface area contributed by atoms with Crippen LogP contribution in [0.5, 0.6) is 0 Å². The van der Waals surface area contributed by atoms with Crippen LogP contribution in [0.15, 0.2) is 35.7 Å². The lowest BCUT2D eigenvalue weighted by Gasteiger charge is -2.24. The number of aryl methyl sites for hydroxylation is 1. The first-order valence-electron chi connectivity index (χ1n) is 9.28. The topological polar surface area (TPSA) is 45.2 Å². The predicted octanol–water partition coefficient (Wildman–Crippen LogP) is 3.55. The van der Waals surface area contributed by atoms with Crippen LogP contribution in [0.3, 0.4) is 0 Å². The molecular formula is C20H25N3OS. The Morgan fingerprint density at radius 3 is 2.96 bits per heavy atom. The first kappa shape index (κ1) is 16.7.